The fourth-order valence-electron chi connectivity index (χ4n) is 1.68. The highest BCUT2D eigenvalue weighted by atomic mass is 16.6. The second kappa shape index (κ2) is 14.9. The lowest BCUT2D eigenvalue weighted by Crippen LogP contribution is -2.08. The van der Waals surface area contributed by atoms with Gasteiger partial charge in [-0.15, -0.1) is 0 Å². The highest BCUT2D eigenvalue weighted by molar-refractivity contribution is 5.81. The van der Waals surface area contributed by atoms with Gasteiger partial charge in [0.05, 0.1) is 6.61 Å². The Morgan fingerprint density at radius 1 is 0.895 bits per heavy atom. The summed E-state index contributed by atoms with van der Waals surface area (Å²) in [7, 11) is 0. The van der Waals surface area contributed by atoms with Gasteiger partial charge < -0.3 is 14.3 Å². The van der Waals surface area contributed by atoms with E-state index in [1.54, 1.807) is 0 Å². The summed E-state index contributed by atoms with van der Waals surface area (Å²) in [5.41, 5.74) is 0. The maximum Gasteiger partial charge on any atom is 0.330 e. The molecule has 0 saturated heterocycles. The molecular weight excluding hydrogens is 244 g/mol. The average Bonchev–Trinajstić information content (AvgIpc) is 2.43. The Balaban J connectivity index is 3.00. The van der Waals surface area contributed by atoms with Crippen molar-refractivity contribution in [3.8, 4) is 0 Å². The van der Waals surface area contributed by atoms with Crippen molar-refractivity contribution in [3.05, 3.63) is 12.7 Å². The van der Waals surface area contributed by atoms with Gasteiger partial charge in [0.25, 0.3) is 0 Å². The number of aldehydes is 1. The summed E-state index contributed by atoms with van der Waals surface area (Å²) in [5.74, 6) is -0.404. The largest absolute Gasteiger partial charge is 0.460 e. The molecule has 4 heteroatoms. The minimum Gasteiger partial charge on any atom is -0.460 e. The lowest BCUT2D eigenvalue weighted by Gasteiger charge is -2.04. The highest BCUT2D eigenvalue weighted by Gasteiger charge is 1.95. The lowest BCUT2D eigenvalue weighted by atomic mass is 10.1. The van der Waals surface area contributed by atoms with Crippen LogP contribution in [-0.2, 0) is 19.1 Å². The van der Waals surface area contributed by atoms with E-state index in [0.29, 0.717) is 19.6 Å². The van der Waals surface area contributed by atoms with E-state index < -0.39 is 5.97 Å². The Morgan fingerprint density at radius 2 is 1.53 bits per heavy atom. The average molecular weight is 270 g/mol. The van der Waals surface area contributed by atoms with E-state index >= 15 is 0 Å². The second-order valence-electron chi connectivity index (χ2n) is 4.41. The first-order valence-corrected chi connectivity index (χ1v) is 7.12. The van der Waals surface area contributed by atoms with Crippen molar-refractivity contribution in [1.29, 1.82) is 0 Å². The molecule has 110 valence electrons. The van der Waals surface area contributed by atoms with Crippen molar-refractivity contribution in [2.45, 2.75) is 51.4 Å². The monoisotopic (exact) mass is 270 g/mol. The molecule has 0 aromatic heterocycles. The first-order valence-electron chi connectivity index (χ1n) is 7.12. The van der Waals surface area contributed by atoms with E-state index in [4.69, 9.17) is 9.47 Å². The van der Waals surface area contributed by atoms with Gasteiger partial charge in [0.2, 0.25) is 0 Å². The van der Waals surface area contributed by atoms with Crippen LogP contribution in [0, 0.1) is 0 Å². The van der Waals surface area contributed by atoms with Crippen LogP contribution < -0.4 is 0 Å². The van der Waals surface area contributed by atoms with E-state index in [1.165, 1.54) is 25.7 Å². The molecule has 0 aromatic rings. The van der Waals surface area contributed by atoms with Crippen molar-refractivity contribution >= 4 is 12.3 Å². The van der Waals surface area contributed by atoms with Crippen LogP contribution in [0.4, 0.5) is 0 Å². The SMILES string of the molecule is C=CC(=O)OCCOCCCCCCCCCC=O. The molecule has 0 atom stereocenters. The van der Waals surface area contributed by atoms with E-state index in [2.05, 4.69) is 6.58 Å². The zero-order valence-electron chi connectivity index (χ0n) is 11.8. The maximum absolute atomic E-state index is 10.7. The normalized spacial score (nSPS) is 10.1. The van der Waals surface area contributed by atoms with E-state index in [0.717, 1.165) is 38.2 Å². The van der Waals surface area contributed by atoms with E-state index in [1.807, 2.05) is 0 Å². The summed E-state index contributed by atoms with van der Waals surface area (Å²) >= 11 is 0. The number of hydrogen-bond acceptors (Lipinski definition) is 4. The minimum absolute atomic E-state index is 0.293. The predicted octanol–water partition coefficient (Wildman–Crippen LogP) is 3.05. The first kappa shape index (κ1) is 17.8. The number of hydrogen-bond donors (Lipinski definition) is 0. The van der Waals surface area contributed by atoms with Crippen LogP contribution in [0.1, 0.15) is 51.4 Å². The summed E-state index contributed by atoms with van der Waals surface area (Å²) in [5, 5.41) is 0. The summed E-state index contributed by atoms with van der Waals surface area (Å²) in [6, 6.07) is 0. The van der Waals surface area contributed by atoms with Gasteiger partial charge in [-0.3, -0.25) is 0 Å². The fraction of sp³-hybridized carbons (Fsp3) is 0.733. The Hall–Kier alpha value is -1.16. The molecule has 0 heterocycles. The number of unbranched alkanes of at least 4 members (excludes halogenated alkanes) is 7. The van der Waals surface area contributed by atoms with Crippen LogP contribution in [0.15, 0.2) is 12.7 Å². The lowest BCUT2D eigenvalue weighted by molar-refractivity contribution is -0.139. The van der Waals surface area contributed by atoms with Crippen molar-refractivity contribution in [2.24, 2.45) is 0 Å². The summed E-state index contributed by atoms with van der Waals surface area (Å²) in [4.78, 5) is 20.8. The van der Waals surface area contributed by atoms with Gasteiger partial charge in [-0.2, -0.15) is 0 Å². The Bertz CT molecular complexity index is 238. The summed E-state index contributed by atoms with van der Waals surface area (Å²) < 4.78 is 10.1. The van der Waals surface area contributed by atoms with E-state index in [-0.39, 0.29) is 0 Å². The molecule has 0 spiro atoms. The van der Waals surface area contributed by atoms with Gasteiger partial charge in [0.1, 0.15) is 12.9 Å². The third-order valence-electron chi connectivity index (χ3n) is 2.75. The first-order chi connectivity index (χ1) is 9.31. The number of esters is 1. The van der Waals surface area contributed by atoms with Crippen molar-refractivity contribution in [1.82, 2.24) is 0 Å². The second-order valence-corrected chi connectivity index (χ2v) is 4.41. The number of ether oxygens (including phenoxy) is 2. The Kier molecular flexibility index (Phi) is 14.0. The number of rotatable bonds is 14. The Labute approximate surface area is 116 Å². The molecule has 0 aromatic carbocycles. The zero-order chi connectivity index (χ0) is 14.2. The molecule has 0 amide bonds. The molecule has 0 rings (SSSR count). The zero-order valence-corrected chi connectivity index (χ0v) is 11.8. The standard InChI is InChI=1S/C15H26O4/c1-2-15(17)19-14-13-18-12-10-8-6-4-3-5-7-9-11-16/h2,11H,1,3-10,12-14H2. The van der Waals surface area contributed by atoms with Gasteiger partial charge in [0.15, 0.2) is 0 Å². The third kappa shape index (κ3) is 14.8. The van der Waals surface area contributed by atoms with Gasteiger partial charge in [-0.05, 0) is 12.8 Å². The molecule has 0 radical (unpaired) electrons. The number of carbonyl (C=O) groups is 2. The molecule has 0 aliphatic rings. The van der Waals surface area contributed by atoms with Crippen molar-refractivity contribution in [2.75, 3.05) is 19.8 Å². The van der Waals surface area contributed by atoms with Crippen LogP contribution in [-0.4, -0.2) is 32.1 Å². The molecule has 0 aliphatic carbocycles. The van der Waals surface area contributed by atoms with Crippen molar-refractivity contribution < 1.29 is 19.1 Å². The van der Waals surface area contributed by atoms with Crippen LogP contribution in [0.5, 0.6) is 0 Å². The fourth-order valence-corrected chi connectivity index (χ4v) is 1.68. The molecular formula is C15H26O4. The molecule has 0 N–H and O–H groups in total. The number of carbonyl (C=O) groups excluding carboxylic acids is 2. The quantitative estimate of drug-likeness (QED) is 0.211. The van der Waals surface area contributed by atoms with Crippen molar-refractivity contribution in [3.63, 3.8) is 0 Å². The smallest absolute Gasteiger partial charge is 0.330 e. The third-order valence-corrected chi connectivity index (χ3v) is 2.75. The van der Waals surface area contributed by atoms with Gasteiger partial charge in [-0.1, -0.05) is 38.7 Å². The Morgan fingerprint density at radius 3 is 2.16 bits per heavy atom. The topological polar surface area (TPSA) is 52.6 Å². The maximum atomic E-state index is 10.7. The molecule has 4 nitrogen and oxygen atoms in total. The van der Waals surface area contributed by atoms with Crippen LogP contribution >= 0.6 is 0 Å². The molecule has 19 heavy (non-hydrogen) atoms. The summed E-state index contributed by atoms with van der Waals surface area (Å²) in [6.07, 6.45) is 10.9. The van der Waals surface area contributed by atoms with E-state index in [9.17, 15) is 9.59 Å². The molecule has 0 unspecified atom stereocenters. The molecule has 0 bridgehead atoms. The molecule has 0 saturated carbocycles. The predicted molar refractivity (Wildman–Crippen MR) is 75.0 cm³/mol. The molecule has 0 fully saturated rings. The highest BCUT2D eigenvalue weighted by Crippen LogP contribution is 2.07. The van der Waals surface area contributed by atoms with Gasteiger partial charge >= 0.3 is 5.97 Å². The van der Waals surface area contributed by atoms with Gasteiger partial charge in [0, 0.05) is 19.1 Å². The van der Waals surface area contributed by atoms with Crippen LogP contribution in [0.25, 0.3) is 0 Å². The minimum atomic E-state index is -0.404. The van der Waals surface area contributed by atoms with Crippen LogP contribution in [0.3, 0.4) is 0 Å². The molecule has 0 aliphatic heterocycles. The summed E-state index contributed by atoms with van der Waals surface area (Å²) in [6.45, 7) is 4.77. The van der Waals surface area contributed by atoms with Crippen LogP contribution in [0.2, 0.25) is 0 Å². The van der Waals surface area contributed by atoms with Gasteiger partial charge in [-0.25, -0.2) is 4.79 Å².